The SMILES string of the molecule is CC(=O)[O-].CCC1CCC(=NO)C(=NO)C1.CCC1CCC(=O)C(Br)C1.CO.Cl.NO.[Na+]. The van der Waals surface area contributed by atoms with Crippen LogP contribution in [0.2, 0.25) is 0 Å². The minimum atomic E-state index is -1.08. The standard InChI is InChI=1S/C8H13BrO.C8H14N2O2.C2H4O2.CH4O.ClH.H3NO.Na/c1-2-6-3-4-8(10)7(9)5-6;1-2-6-3-4-7(9-11)8(5-6)10-12;1-2(3)4;1-2;;1-2;/h6-7H,2-5H2,1H3;6,11-12H,2-5H2,1H3;1H3,(H,3,4);2H,1H3;1H;2H,1H2;/q;;;;;;+1/p-1. The Bertz CT molecular complexity index is 525. The number of ketones is 1. The van der Waals surface area contributed by atoms with E-state index in [1.165, 1.54) is 6.42 Å². The van der Waals surface area contributed by atoms with Crippen LogP contribution in [0.15, 0.2) is 10.3 Å². The van der Waals surface area contributed by atoms with Crippen molar-refractivity contribution in [2.24, 2.45) is 28.0 Å². The number of hydrogen-bond acceptors (Lipinski definition) is 10. The summed E-state index contributed by atoms with van der Waals surface area (Å²) in [5.74, 6) is 4.16. The van der Waals surface area contributed by atoms with Crippen LogP contribution < -0.4 is 40.6 Å². The van der Waals surface area contributed by atoms with Gasteiger partial charge in [-0.2, -0.15) is 0 Å². The van der Waals surface area contributed by atoms with E-state index in [4.69, 9.17) is 30.6 Å². The van der Waals surface area contributed by atoms with Crippen LogP contribution in [-0.2, 0) is 9.59 Å². The summed E-state index contributed by atoms with van der Waals surface area (Å²) in [5, 5.41) is 45.8. The van der Waals surface area contributed by atoms with Gasteiger partial charge in [-0.3, -0.25) is 4.79 Å². The van der Waals surface area contributed by atoms with Crippen LogP contribution in [0.3, 0.4) is 0 Å². The van der Waals surface area contributed by atoms with Gasteiger partial charge in [0.25, 0.3) is 0 Å². The van der Waals surface area contributed by atoms with Gasteiger partial charge in [-0.05, 0) is 50.9 Å². The maximum atomic E-state index is 11.0. The maximum absolute atomic E-state index is 11.0. The van der Waals surface area contributed by atoms with Crippen LogP contribution in [0.25, 0.3) is 0 Å². The fraction of sp³-hybridized carbons (Fsp3) is 0.789. The van der Waals surface area contributed by atoms with E-state index in [0.29, 0.717) is 29.5 Å². The van der Waals surface area contributed by atoms with Gasteiger partial charge >= 0.3 is 29.6 Å². The summed E-state index contributed by atoms with van der Waals surface area (Å²) < 4.78 is 0. The Morgan fingerprint density at radius 2 is 1.47 bits per heavy atom. The molecule has 0 radical (unpaired) electrons. The number of Topliss-reactive ketones (excluding diaryl/α,β-unsaturated/α-hetero) is 1. The van der Waals surface area contributed by atoms with Gasteiger partial charge in [0.15, 0.2) is 0 Å². The third-order valence-electron chi connectivity index (χ3n) is 4.69. The number of aliphatic hydroxyl groups excluding tert-OH is 1. The van der Waals surface area contributed by atoms with Gasteiger partial charge in [0, 0.05) is 19.5 Å². The molecule has 2 saturated carbocycles. The molecule has 3 atom stereocenters. The minimum Gasteiger partial charge on any atom is -0.550 e. The van der Waals surface area contributed by atoms with E-state index in [1.54, 1.807) is 0 Å². The Labute approximate surface area is 227 Å². The first-order chi connectivity index (χ1) is 14.3. The molecule has 3 unspecified atom stereocenters. The third-order valence-corrected chi connectivity index (χ3v) is 5.57. The quantitative estimate of drug-likeness (QED) is 0.130. The summed E-state index contributed by atoms with van der Waals surface area (Å²) in [6.45, 7) is 5.28. The zero-order valence-electron chi connectivity index (χ0n) is 19.7. The molecular weight excluding hydrogens is 521 g/mol. The number of carboxylic acid groups (broad SMARTS) is 1. The van der Waals surface area contributed by atoms with E-state index >= 15 is 0 Å². The third kappa shape index (κ3) is 21.6. The number of halogens is 2. The second-order valence-corrected chi connectivity index (χ2v) is 7.69. The van der Waals surface area contributed by atoms with Crippen molar-refractivity contribution in [3.63, 3.8) is 0 Å². The molecule has 186 valence electrons. The number of oxime groups is 2. The molecule has 0 aromatic rings. The molecule has 0 aromatic heterocycles. The van der Waals surface area contributed by atoms with Gasteiger partial charge in [-0.15, -0.1) is 12.4 Å². The average molecular weight is 559 g/mol. The molecular formula is C19H38BrClN3NaO7. The van der Waals surface area contributed by atoms with E-state index in [9.17, 15) is 4.79 Å². The monoisotopic (exact) mass is 557 g/mol. The van der Waals surface area contributed by atoms with Crippen LogP contribution in [0.4, 0.5) is 0 Å². The van der Waals surface area contributed by atoms with E-state index in [-0.39, 0.29) is 46.8 Å². The number of carboxylic acids is 1. The molecule has 0 bridgehead atoms. The van der Waals surface area contributed by atoms with Crippen molar-refractivity contribution in [3.05, 3.63) is 0 Å². The van der Waals surface area contributed by atoms with Crippen LogP contribution in [0.5, 0.6) is 0 Å². The molecule has 0 heterocycles. The van der Waals surface area contributed by atoms with Gasteiger partial charge in [-0.25, -0.2) is 5.90 Å². The van der Waals surface area contributed by atoms with Gasteiger partial charge in [0.1, 0.15) is 17.2 Å². The molecule has 0 saturated heterocycles. The molecule has 10 nitrogen and oxygen atoms in total. The van der Waals surface area contributed by atoms with Crippen molar-refractivity contribution in [1.82, 2.24) is 0 Å². The molecule has 0 aliphatic heterocycles. The van der Waals surface area contributed by atoms with Crippen LogP contribution >= 0.6 is 28.3 Å². The van der Waals surface area contributed by atoms with E-state index in [2.05, 4.69) is 46.0 Å². The number of aliphatic carboxylic acids is 1. The number of carbonyl (C=O) groups excluding carboxylic acids is 2. The Kier molecular flexibility index (Phi) is 37.7. The average Bonchev–Trinajstić information content (AvgIpc) is 2.78. The maximum Gasteiger partial charge on any atom is 1.00 e. The van der Waals surface area contributed by atoms with E-state index < -0.39 is 5.97 Å². The van der Waals surface area contributed by atoms with Gasteiger partial charge < -0.3 is 30.6 Å². The normalized spacial score (nSPS) is 23.6. The van der Waals surface area contributed by atoms with Crippen molar-refractivity contribution in [2.75, 3.05) is 7.11 Å². The van der Waals surface area contributed by atoms with E-state index in [1.807, 2.05) is 0 Å². The summed E-state index contributed by atoms with van der Waals surface area (Å²) in [6.07, 6.45) is 7.71. The molecule has 2 fully saturated rings. The van der Waals surface area contributed by atoms with Crippen LogP contribution in [-0.4, -0.2) is 55.8 Å². The molecule has 0 amide bonds. The Morgan fingerprint density at radius 3 is 1.81 bits per heavy atom. The first-order valence-corrected chi connectivity index (χ1v) is 10.7. The smallest absolute Gasteiger partial charge is 0.550 e. The fourth-order valence-electron chi connectivity index (χ4n) is 2.95. The van der Waals surface area contributed by atoms with E-state index in [0.717, 1.165) is 58.5 Å². The number of alkyl halides is 1. The topological polar surface area (TPSA) is 189 Å². The fourth-order valence-corrected chi connectivity index (χ4v) is 3.71. The molecule has 32 heavy (non-hydrogen) atoms. The molecule has 0 spiro atoms. The number of nitrogens with two attached hydrogens (primary N) is 1. The predicted octanol–water partition coefficient (Wildman–Crippen LogP) is -0.489. The summed E-state index contributed by atoms with van der Waals surface area (Å²) >= 11 is 3.39. The summed E-state index contributed by atoms with van der Waals surface area (Å²) in [7, 11) is 1.00. The number of hydrogen-bond donors (Lipinski definition) is 5. The Hall–Kier alpha value is -0.270. The summed E-state index contributed by atoms with van der Waals surface area (Å²) in [4.78, 5) is 20.1. The summed E-state index contributed by atoms with van der Waals surface area (Å²) in [6, 6.07) is 0. The van der Waals surface area contributed by atoms with Crippen LogP contribution in [0.1, 0.15) is 72.1 Å². The zero-order valence-corrected chi connectivity index (χ0v) is 24.1. The van der Waals surface area contributed by atoms with Gasteiger partial charge in [0.2, 0.25) is 0 Å². The van der Waals surface area contributed by atoms with Crippen molar-refractivity contribution in [1.29, 1.82) is 0 Å². The Balaban J connectivity index is -0.000000111. The number of nitrogens with zero attached hydrogens (tertiary/aromatic N) is 2. The van der Waals surface area contributed by atoms with Crippen molar-refractivity contribution in [3.8, 4) is 0 Å². The second-order valence-electron chi connectivity index (χ2n) is 6.58. The number of carbonyl (C=O) groups is 2. The van der Waals surface area contributed by atoms with Crippen molar-refractivity contribution >= 4 is 51.5 Å². The molecule has 2 aliphatic carbocycles. The minimum absolute atomic E-state index is 0. The molecule has 6 N–H and O–H groups in total. The molecule has 2 rings (SSSR count). The second kappa shape index (κ2) is 28.8. The molecule has 0 aromatic carbocycles. The first kappa shape index (κ1) is 41.9. The first-order valence-electron chi connectivity index (χ1n) is 9.75. The predicted molar refractivity (Wildman–Crippen MR) is 123 cm³/mol. The van der Waals surface area contributed by atoms with Crippen molar-refractivity contribution < 1.29 is 65.0 Å². The largest absolute Gasteiger partial charge is 1.00 e. The zero-order chi connectivity index (χ0) is 24.1. The Morgan fingerprint density at radius 1 is 1.06 bits per heavy atom. The summed E-state index contributed by atoms with van der Waals surface area (Å²) in [5.41, 5.74) is 1.07. The van der Waals surface area contributed by atoms with Crippen LogP contribution in [0, 0.1) is 11.8 Å². The van der Waals surface area contributed by atoms with Crippen molar-refractivity contribution in [2.45, 2.75) is 77.0 Å². The molecule has 2 aliphatic rings. The number of aliphatic hydroxyl groups is 1. The van der Waals surface area contributed by atoms with Gasteiger partial charge in [-0.1, -0.05) is 52.9 Å². The number of rotatable bonds is 2. The van der Waals surface area contributed by atoms with Gasteiger partial charge in [0.05, 0.1) is 4.83 Å². The molecule has 13 heteroatoms.